The predicted molar refractivity (Wildman–Crippen MR) is 98.8 cm³/mol. The Labute approximate surface area is 160 Å². The highest BCUT2D eigenvalue weighted by Crippen LogP contribution is 2.13. The Kier molecular flexibility index (Phi) is 6.35. The van der Waals surface area contributed by atoms with Crippen molar-refractivity contribution in [1.82, 2.24) is 14.9 Å². The fourth-order valence-electron chi connectivity index (χ4n) is 2.39. The summed E-state index contributed by atoms with van der Waals surface area (Å²) in [7, 11) is 0. The highest BCUT2D eigenvalue weighted by molar-refractivity contribution is 5.90. The van der Waals surface area contributed by atoms with Crippen LogP contribution in [0.4, 0.5) is 4.39 Å². The third-order valence-electron chi connectivity index (χ3n) is 3.72. The molecule has 0 aliphatic heterocycles. The molecule has 0 atom stereocenters. The highest BCUT2D eigenvalue weighted by atomic mass is 19.1. The minimum absolute atomic E-state index is 0.131. The van der Waals surface area contributed by atoms with Crippen molar-refractivity contribution in [3.8, 4) is 11.4 Å². The standard InChI is InChI=1S/C20H18FN3O4/c21-15-6-8-16(9-7-15)24-14-22-12-18(24)20(26)28-13-19(25)23-10-11-27-17-4-2-1-3-5-17/h1-9,12,14H,10-11,13H2,(H,23,25). The van der Waals surface area contributed by atoms with Gasteiger partial charge < -0.3 is 14.8 Å². The second-order valence-electron chi connectivity index (χ2n) is 5.71. The number of carbonyl (C=O) groups excluding carboxylic acids is 2. The summed E-state index contributed by atoms with van der Waals surface area (Å²) < 4.78 is 25.0. The number of amides is 1. The molecule has 2 aromatic carbocycles. The lowest BCUT2D eigenvalue weighted by Crippen LogP contribution is -2.32. The topological polar surface area (TPSA) is 82.5 Å². The van der Waals surface area contributed by atoms with Gasteiger partial charge in [-0.25, -0.2) is 14.2 Å². The summed E-state index contributed by atoms with van der Waals surface area (Å²) in [5.41, 5.74) is 0.681. The van der Waals surface area contributed by atoms with Crippen LogP contribution in [0.25, 0.3) is 5.69 Å². The van der Waals surface area contributed by atoms with E-state index in [1.54, 1.807) is 0 Å². The van der Waals surface area contributed by atoms with Crippen molar-refractivity contribution in [2.45, 2.75) is 0 Å². The van der Waals surface area contributed by atoms with Gasteiger partial charge in [-0.3, -0.25) is 9.36 Å². The average molecular weight is 383 g/mol. The molecule has 28 heavy (non-hydrogen) atoms. The van der Waals surface area contributed by atoms with Crippen LogP contribution in [0, 0.1) is 5.82 Å². The molecule has 0 aliphatic carbocycles. The predicted octanol–water partition coefficient (Wildman–Crippen LogP) is 2.36. The fraction of sp³-hybridized carbons (Fsp3) is 0.150. The summed E-state index contributed by atoms with van der Waals surface area (Å²) >= 11 is 0. The number of benzene rings is 2. The lowest BCUT2D eigenvalue weighted by atomic mass is 10.3. The van der Waals surface area contributed by atoms with Gasteiger partial charge >= 0.3 is 5.97 Å². The van der Waals surface area contributed by atoms with Gasteiger partial charge in [0.25, 0.3) is 5.91 Å². The molecule has 1 amide bonds. The van der Waals surface area contributed by atoms with Crippen LogP contribution in [0.15, 0.2) is 67.1 Å². The molecule has 0 aliphatic rings. The lowest BCUT2D eigenvalue weighted by molar-refractivity contribution is -0.124. The second-order valence-corrected chi connectivity index (χ2v) is 5.71. The zero-order chi connectivity index (χ0) is 19.8. The average Bonchev–Trinajstić information content (AvgIpc) is 3.21. The molecule has 0 unspecified atom stereocenters. The van der Waals surface area contributed by atoms with E-state index in [0.717, 1.165) is 0 Å². The van der Waals surface area contributed by atoms with Crippen molar-refractivity contribution in [1.29, 1.82) is 0 Å². The number of ether oxygens (including phenoxy) is 2. The van der Waals surface area contributed by atoms with Gasteiger partial charge in [-0.1, -0.05) is 18.2 Å². The summed E-state index contributed by atoms with van der Waals surface area (Å²) in [6, 6.07) is 14.8. The summed E-state index contributed by atoms with van der Waals surface area (Å²) in [5, 5.41) is 2.60. The van der Waals surface area contributed by atoms with E-state index in [1.165, 1.54) is 41.4 Å². The Hall–Kier alpha value is -3.68. The lowest BCUT2D eigenvalue weighted by Gasteiger charge is -2.09. The Bertz CT molecular complexity index is 926. The number of rotatable bonds is 8. The molecule has 7 nitrogen and oxygen atoms in total. The summed E-state index contributed by atoms with van der Waals surface area (Å²) in [4.78, 5) is 27.9. The van der Waals surface area contributed by atoms with Gasteiger partial charge in [-0.05, 0) is 36.4 Å². The number of para-hydroxylation sites is 1. The van der Waals surface area contributed by atoms with Crippen molar-refractivity contribution in [2.24, 2.45) is 0 Å². The third kappa shape index (κ3) is 5.16. The maximum Gasteiger partial charge on any atom is 0.357 e. The number of imidazole rings is 1. The molecule has 1 aromatic heterocycles. The Balaban J connectivity index is 1.45. The third-order valence-corrected chi connectivity index (χ3v) is 3.72. The van der Waals surface area contributed by atoms with Crippen molar-refractivity contribution in [3.63, 3.8) is 0 Å². The van der Waals surface area contributed by atoms with Crippen LogP contribution in [-0.2, 0) is 9.53 Å². The SMILES string of the molecule is O=C(COC(=O)c1cncn1-c1ccc(F)cc1)NCCOc1ccccc1. The number of hydrogen-bond acceptors (Lipinski definition) is 5. The molecule has 3 aromatic rings. The summed E-state index contributed by atoms with van der Waals surface area (Å²) in [6.45, 7) is 0.137. The van der Waals surface area contributed by atoms with E-state index in [9.17, 15) is 14.0 Å². The van der Waals surface area contributed by atoms with E-state index in [2.05, 4.69) is 10.3 Å². The van der Waals surface area contributed by atoms with Crippen LogP contribution in [0.3, 0.4) is 0 Å². The van der Waals surface area contributed by atoms with E-state index in [1.807, 2.05) is 30.3 Å². The van der Waals surface area contributed by atoms with Gasteiger partial charge in [0.15, 0.2) is 12.3 Å². The van der Waals surface area contributed by atoms with Crippen LogP contribution < -0.4 is 10.1 Å². The van der Waals surface area contributed by atoms with Gasteiger partial charge in [-0.15, -0.1) is 0 Å². The number of esters is 1. The Morgan fingerprint density at radius 2 is 1.82 bits per heavy atom. The highest BCUT2D eigenvalue weighted by Gasteiger charge is 2.16. The van der Waals surface area contributed by atoms with Gasteiger partial charge in [0.2, 0.25) is 0 Å². The summed E-state index contributed by atoms with van der Waals surface area (Å²) in [5.74, 6) is -0.839. The van der Waals surface area contributed by atoms with Gasteiger partial charge in [0.05, 0.1) is 19.1 Å². The molecule has 1 N–H and O–H groups in total. The molecule has 0 fully saturated rings. The number of nitrogens with one attached hydrogen (secondary N) is 1. The molecular formula is C20H18FN3O4. The number of carbonyl (C=O) groups is 2. The van der Waals surface area contributed by atoms with E-state index >= 15 is 0 Å². The molecule has 0 saturated heterocycles. The molecule has 0 radical (unpaired) electrons. The van der Waals surface area contributed by atoms with Crippen molar-refractivity contribution in [3.05, 3.63) is 78.6 Å². The zero-order valence-corrected chi connectivity index (χ0v) is 14.9. The zero-order valence-electron chi connectivity index (χ0n) is 14.9. The van der Waals surface area contributed by atoms with E-state index < -0.39 is 18.5 Å². The van der Waals surface area contributed by atoms with Crippen LogP contribution in [0.2, 0.25) is 0 Å². The van der Waals surface area contributed by atoms with E-state index in [0.29, 0.717) is 18.0 Å². The Morgan fingerprint density at radius 1 is 1.07 bits per heavy atom. The van der Waals surface area contributed by atoms with Gasteiger partial charge in [0.1, 0.15) is 18.2 Å². The fourth-order valence-corrected chi connectivity index (χ4v) is 2.39. The van der Waals surface area contributed by atoms with Crippen molar-refractivity contribution >= 4 is 11.9 Å². The van der Waals surface area contributed by atoms with Crippen LogP contribution in [0.5, 0.6) is 5.75 Å². The van der Waals surface area contributed by atoms with Crippen molar-refractivity contribution < 1.29 is 23.5 Å². The molecule has 8 heteroatoms. The van der Waals surface area contributed by atoms with Gasteiger partial charge in [0, 0.05) is 5.69 Å². The number of aromatic nitrogens is 2. The first-order valence-electron chi connectivity index (χ1n) is 8.53. The number of nitrogens with zero attached hydrogens (tertiary/aromatic N) is 2. The maximum atomic E-state index is 13.1. The van der Waals surface area contributed by atoms with E-state index in [4.69, 9.17) is 9.47 Å². The molecule has 144 valence electrons. The second kappa shape index (κ2) is 9.31. The van der Waals surface area contributed by atoms with Gasteiger partial charge in [-0.2, -0.15) is 0 Å². The smallest absolute Gasteiger partial charge is 0.357 e. The Morgan fingerprint density at radius 3 is 2.57 bits per heavy atom. The first-order valence-corrected chi connectivity index (χ1v) is 8.53. The van der Waals surface area contributed by atoms with E-state index in [-0.39, 0.29) is 18.1 Å². The summed E-state index contributed by atoms with van der Waals surface area (Å²) in [6.07, 6.45) is 2.72. The number of halogens is 1. The van der Waals surface area contributed by atoms with Crippen LogP contribution >= 0.6 is 0 Å². The maximum absolute atomic E-state index is 13.1. The first kappa shape index (κ1) is 19.1. The molecule has 1 heterocycles. The molecular weight excluding hydrogens is 365 g/mol. The molecule has 0 spiro atoms. The van der Waals surface area contributed by atoms with Crippen molar-refractivity contribution in [2.75, 3.05) is 19.8 Å². The first-order chi connectivity index (χ1) is 13.6. The molecule has 3 rings (SSSR count). The molecule has 0 bridgehead atoms. The molecule has 0 saturated carbocycles. The normalized spacial score (nSPS) is 10.3. The monoisotopic (exact) mass is 383 g/mol. The minimum Gasteiger partial charge on any atom is -0.492 e. The van der Waals surface area contributed by atoms with Crippen LogP contribution in [0.1, 0.15) is 10.5 Å². The number of hydrogen-bond donors (Lipinski definition) is 1. The van der Waals surface area contributed by atoms with Crippen LogP contribution in [-0.4, -0.2) is 41.2 Å². The quantitative estimate of drug-likeness (QED) is 0.477. The minimum atomic E-state index is -0.711. The largest absolute Gasteiger partial charge is 0.492 e.